The van der Waals surface area contributed by atoms with Crippen molar-refractivity contribution in [3.8, 4) is 11.4 Å². The van der Waals surface area contributed by atoms with Gasteiger partial charge in [-0.05, 0) is 30.3 Å². The van der Waals surface area contributed by atoms with Crippen LogP contribution in [-0.2, 0) is 6.42 Å². The van der Waals surface area contributed by atoms with Gasteiger partial charge in [-0.1, -0.05) is 28.1 Å². The fraction of sp³-hybridized carbons (Fsp3) is 0.118. The second-order valence-electron chi connectivity index (χ2n) is 4.86. The number of halogens is 1. The number of benzene rings is 1. The molecule has 0 fully saturated rings. The third-order valence-corrected chi connectivity index (χ3v) is 4.59. The molecule has 0 radical (unpaired) electrons. The van der Waals surface area contributed by atoms with Gasteiger partial charge in [-0.25, -0.2) is 4.98 Å². The molecule has 4 nitrogen and oxygen atoms in total. The first-order chi connectivity index (χ1) is 11.2. The molecule has 1 N–H and O–H groups in total. The molecule has 0 bridgehead atoms. The second-order valence-corrected chi connectivity index (χ2v) is 6.72. The number of hydrogen-bond acceptors (Lipinski definition) is 4. The average Bonchev–Trinajstić information content (AvgIpc) is 3.04. The summed E-state index contributed by atoms with van der Waals surface area (Å²) in [6.45, 7) is 0.556. The number of amides is 1. The van der Waals surface area contributed by atoms with E-state index in [4.69, 9.17) is 0 Å². The van der Waals surface area contributed by atoms with Crippen molar-refractivity contribution in [2.45, 2.75) is 6.42 Å². The lowest BCUT2D eigenvalue weighted by molar-refractivity contribution is 0.0954. The fourth-order valence-corrected chi connectivity index (χ4v) is 3.26. The maximum Gasteiger partial charge on any atom is 0.251 e. The molecule has 1 amide bonds. The standard InChI is InChI=1S/C17H14BrN3OS/c18-13-5-3-4-12(10-13)17(22)20-9-7-16-21-15(11-23-16)14-6-1-2-8-19-14/h1-6,8,10-11H,7,9H2,(H,20,22). The summed E-state index contributed by atoms with van der Waals surface area (Å²) in [7, 11) is 0. The van der Waals surface area contributed by atoms with Gasteiger partial charge < -0.3 is 5.32 Å². The number of nitrogens with one attached hydrogen (secondary N) is 1. The van der Waals surface area contributed by atoms with Gasteiger partial charge in [0.05, 0.1) is 16.4 Å². The van der Waals surface area contributed by atoms with Crippen molar-refractivity contribution in [3.63, 3.8) is 0 Å². The summed E-state index contributed by atoms with van der Waals surface area (Å²) in [6.07, 6.45) is 2.46. The molecule has 116 valence electrons. The van der Waals surface area contributed by atoms with Gasteiger partial charge in [0.1, 0.15) is 0 Å². The molecule has 0 saturated heterocycles. The zero-order valence-electron chi connectivity index (χ0n) is 12.2. The summed E-state index contributed by atoms with van der Waals surface area (Å²) < 4.78 is 0.894. The summed E-state index contributed by atoms with van der Waals surface area (Å²) in [4.78, 5) is 20.9. The number of thiazole rings is 1. The molecule has 3 aromatic rings. The smallest absolute Gasteiger partial charge is 0.251 e. The quantitative estimate of drug-likeness (QED) is 0.721. The lowest BCUT2D eigenvalue weighted by Crippen LogP contribution is -2.25. The summed E-state index contributed by atoms with van der Waals surface area (Å²) in [5, 5.41) is 5.90. The number of carbonyl (C=O) groups is 1. The van der Waals surface area contributed by atoms with Crippen molar-refractivity contribution in [2.75, 3.05) is 6.54 Å². The number of aromatic nitrogens is 2. The van der Waals surface area contributed by atoms with Gasteiger partial charge in [-0.2, -0.15) is 0 Å². The van der Waals surface area contributed by atoms with E-state index in [1.165, 1.54) is 0 Å². The zero-order valence-corrected chi connectivity index (χ0v) is 14.6. The Labute approximate surface area is 146 Å². The van der Waals surface area contributed by atoms with E-state index >= 15 is 0 Å². The third kappa shape index (κ3) is 4.24. The Morgan fingerprint density at radius 1 is 1.17 bits per heavy atom. The maximum absolute atomic E-state index is 12.1. The second kappa shape index (κ2) is 7.48. The molecule has 2 heterocycles. The minimum Gasteiger partial charge on any atom is -0.352 e. The largest absolute Gasteiger partial charge is 0.352 e. The molecule has 0 saturated carbocycles. The van der Waals surface area contributed by atoms with Crippen LogP contribution in [0.15, 0.2) is 58.5 Å². The lowest BCUT2D eigenvalue weighted by Gasteiger charge is -2.04. The average molecular weight is 388 g/mol. The highest BCUT2D eigenvalue weighted by Gasteiger charge is 2.08. The molecule has 1 aromatic carbocycles. The van der Waals surface area contributed by atoms with Gasteiger partial charge in [0.15, 0.2) is 0 Å². The molecule has 0 spiro atoms. The van der Waals surface area contributed by atoms with E-state index in [1.807, 2.05) is 35.7 Å². The van der Waals surface area contributed by atoms with E-state index in [-0.39, 0.29) is 5.91 Å². The van der Waals surface area contributed by atoms with Crippen LogP contribution in [0.1, 0.15) is 15.4 Å². The Hall–Kier alpha value is -2.05. The number of rotatable bonds is 5. The highest BCUT2D eigenvalue weighted by atomic mass is 79.9. The van der Waals surface area contributed by atoms with E-state index in [2.05, 4.69) is 31.2 Å². The minimum atomic E-state index is -0.0761. The Morgan fingerprint density at radius 2 is 2.09 bits per heavy atom. The Kier molecular flexibility index (Phi) is 5.15. The lowest BCUT2D eigenvalue weighted by atomic mass is 10.2. The molecule has 0 aliphatic rings. The summed E-state index contributed by atoms with van der Waals surface area (Å²) in [5.41, 5.74) is 2.39. The molecular weight excluding hydrogens is 374 g/mol. The highest BCUT2D eigenvalue weighted by Crippen LogP contribution is 2.19. The first kappa shape index (κ1) is 15.8. The highest BCUT2D eigenvalue weighted by molar-refractivity contribution is 9.10. The number of carbonyl (C=O) groups excluding carboxylic acids is 1. The first-order valence-electron chi connectivity index (χ1n) is 7.12. The monoisotopic (exact) mass is 387 g/mol. The van der Waals surface area contributed by atoms with E-state index in [1.54, 1.807) is 29.7 Å². The Bertz CT molecular complexity index is 804. The predicted octanol–water partition coefficient (Wildman–Crippen LogP) is 3.94. The number of hydrogen-bond donors (Lipinski definition) is 1. The first-order valence-corrected chi connectivity index (χ1v) is 8.79. The third-order valence-electron chi connectivity index (χ3n) is 3.19. The normalized spacial score (nSPS) is 10.5. The van der Waals surface area contributed by atoms with E-state index in [9.17, 15) is 4.79 Å². The molecule has 0 aliphatic heterocycles. The topological polar surface area (TPSA) is 54.9 Å². The Morgan fingerprint density at radius 3 is 2.87 bits per heavy atom. The fourth-order valence-electron chi connectivity index (χ4n) is 2.07. The van der Waals surface area contributed by atoms with E-state index < -0.39 is 0 Å². The van der Waals surface area contributed by atoms with E-state index in [0.717, 1.165) is 20.9 Å². The van der Waals surface area contributed by atoms with Crippen LogP contribution in [0.4, 0.5) is 0 Å². The van der Waals surface area contributed by atoms with Crippen molar-refractivity contribution in [2.24, 2.45) is 0 Å². The van der Waals surface area contributed by atoms with E-state index in [0.29, 0.717) is 18.5 Å². The molecule has 6 heteroatoms. The van der Waals surface area contributed by atoms with Gasteiger partial charge in [-0.15, -0.1) is 11.3 Å². The van der Waals surface area contributed by atoms with Crippen LogP contribution in [0, 0.1) is 0 Å². The van der Waals surface area contributed by atoms with Crippen molar-refractivity contribution in [3.05, 3.63) is 69.1 Å². The molecule has 3 rings (SSSR count). The summed E-state index contributed by atoms with van der Waals surface area (Å²) in [5.74, 6) is -0.0761. The van der Waals surface area contributed by atoms with Gasteiger partial charge in [0, 0.05) is 34.6 Å². The van der Waals surface area contributed by atoms with Crippen LogP contribution in [-0.4, -0.2) is 22.4 Å². The minimum absolute atomic E-state index is 0.0761. The van der Waals surface area contributed by atoms with Crippen LogP contribution < -0.4 is 5.32 Å². The van der Waals surface area contributed by atoms with Crippen LogP contribution in [0.25, 0.3) is 11.4 Å². The molecule has 0 unspecified atom stereocenters. The molecule has 0 atom stereocenters. The van der Waals surface area contributed by atoms with Crippen molar-refractivity contribution in [1.82, 2.24) is 15.3 Å². The molecular formula is C17H14BrN3OS. The van der Waals surface area contributed by atoms with Gasteiger partial charge >= 0.3 is 0 Å². The van der Waals surface area contributed by atoms with Crippen LogP contribution in [0.5, 0.6) is 0 Å². The predicted molar refractivity (Wildman–Crippen MR) is 95.5 cm³/mol. The van der Waals surface area contributed by atoms with Gasteiger partial charge in [-0.3, -0.25) is 9.78 Å². The van der Waals surface area contributed by atoms with Crippen LogP contribution in [0.2, 0.25) is 0 Å². The van der Waals surface area contributed by atoms with Gasteiger partial charge in [0.2, 0.25) is 0 Å². The summed E-state index contributed by atoms with van der Waals surface area (Å²) >= 11 is 4.95. The SMILES string of the molecule is O=C(NCCc1nc(-c2ccccn2)cs1)c1cccc(Br)c1. The van der Waals surface area contributed by atoms with Crippen molar-refractivity contribution >= 4 is 33.2 Å². The van der Waals surface area contributed by atoms with Crippen LogP contribution >= 0.6 is 27.3 Å². The van der Waals surface area contributed by atoms with Crippen LogP contribution in [0.3, 0.4) is 0 Å². The van der Waals surface area contributed by atoms with Gasteiger partial charge in [0.25, 0.3) is 5.91 Å². The molecule has 2 aromatic heterocycles. The summed E-state index contributed by atoms with van der Waals surface area (Å²) in [6, 6.07) is 13.1. The zero-order chi connectivity index (χ0) is 16.1. The molecule has 23 heavy (non-hydrogen) atoms. The number of pyridine rings is 1. The van der Waals surface area contributed by atoms with Crippen molar-refractivity contribution in [1.29, 1.82) is 0 Å². The Balaban J connectivity index is 1.55. The maximum atomic E-state index is 12.1. The molecule has 0 aliphatic carbocycles. The van der Waals surface area contributed by atoms with Crippen molar-refractivity contribution < 1.29 is 4.79 Å². The number of nitrogens with zero attached hydrogens (tertiary/aromatic N) is 2.